The first-order chi connectivity index (χ1) is 15.9. The number of hydrogen-bond acceptors (Lipinski definition) is 4. The number of benzene rings is 2. The van der Waals surface area contributed by atoms with Crippen LogP contribution >= 0.6 is 0 Å². The minimum absolute atomic E-state index is 0.0379. The predicted octanol–water partition coefficient (Wildman–Crippen LogP) is 3.40. The number of rotatable bonds is 8. The standard InChI is InChI=1S/C25H31N3O4S/c29-24(20-9-12-22(13-10-20)28-25(30)19-6-2-3-7-19)26-15-16-27-33(31,32)23-14-11-18-5-1-4-8-21(18)17-23/h9-14,17,19,27H,1-8,15-16H2,(H,26,29)(H,28,30). The van der Waals surface area contributed by atoms with Gasteiger partial charge in [-0.25, -0.2) is 13.1 Å². The smallest absolute Gasteiger partial charge is 0.251 e. The molecule has 0 aromatic heterocycles. The number of anilines is 1. The van der Waals surface area contributed by atoms with Crippen molar-refractivity contribution < 1.29 is 18.0 Å². The quantitative estimate of drug-likeness (QED) is 0.516. The van der Waals surface area contributed by atoms with Gasteiger partial charge in [0.2, 0.25) is 15.9 Å². The molecule has 8 heteroatoms. The molecule has 1 fully saturated rings. The largest absolute Gasteiger partial charge is 0.351 e. The lowest BCUT2D eigenvalue weighted by molar-refractivity contribution is -0.119. The highest BCUT2D eigenvalue weighted by atomic mass is 32.2. The van der Waals surface area contributed by atoms with E-state index < -0.39 is 10.0 Å². The molecule has 1 saturated carbocycles. The van der Waals surface area contributed by atoms with Crippen LogP contribution in [0.15, 0.2) is 47.4 Å². The molecule has 2 aliphatic rings. The summed E-state index contributed by atoms with van der Waals surface area (Å²) < 4.78 is 27.7. The van der Waals surface area contributed by atoms with Gasteiger partial charge in [-0.3, -0.25) is 9.59 Å². The number of sulfonamides is 1. The number of amides is 2. The predicted molar refractivity (Wildman–Crippen MR) is 128 cm³/mol. The maximum Gasteiger partial charge on any atom is 0.251 e. The Hall–Kier alpha value is -2.71. The van der Waals surface area contributed by atoms with E-state index in [0.29, 0.717) is 11.3 Å². The van der Waals surface area contributed by atoms with Gasteiger partial charge < -0.3 is 10.6 Å². The zero-order chi connectivity index (χ0) is 23.3. The Balaban J connectivity index is 1.24. The number of carbonyl (C=O) groups is 2. The van der Waals surface area contributed by atoms with E-state index in [-0.39, 0.29) is 35.7 Å². The van der Waals surface area contributed by atoms with Crippen LogP contribution in [0.4, 0.5) is 5.69 Å². The molecule has 0 radical (unpaired) electrons. The van der Waals surface area contributed by atoms with Gasteiger partial charge in [0.05, 0.1) is 4.90 Å². The average molecular weight is 470 g/mol. The van der Waals surface area contributed by atoms with Crippen LogP contribution in [0.3, 0.4) is 0 Å². The first-order valence-electron chi connectivity index (χ1n) is 11.7. The highest BCUT2D eigenvalue weighted by Crippen LogP contribution is 2.26. The molecule has 33 heavy (non-hydrogen) atoms. The van der Waals surface area contributed by atoms with E-state index in [4.69, 9.17) is 0 Å². The van der Waals surface area contributed by atoms with Crippen molar-refractivity contribution in [1.82, 2.24) is 10.0 Å². The number of fused-ring (bicyclic) bond motifs is 1. The molecule has 3 N–H and O–H groups in total. The van der Waals surface area contributed by atoms with E-state index in [1.807, 2.05) is 6.07 Å². The summed E-state index contributed by atoms with van der Waals surface area (Å²) in [6, 6.07) is 12.0. The Kier molecular flexibility index (Phi) is 7.45. The lowest BCUT2D eigenvalue weighted by atomic mass is 9.92. The second-order valence-corrected chi connectivity index (χ2v) is 10.6. The highest BCUT2D eigenvalue weighted by molar-refractivity contribution is 7.89. The normalized spacial score (nSPS) is 16.2. The SMILES string of the molecule is O=C(NCCNS(=O)(=O)c1ccc2c(c1)CCCC2)c1ccc(NC(=O)C2CCCC2)cc1. The number of hydrogen-bond donors (Lipinski definition) is 3. The Bertz CT molecular complexity index is 1110. The molecule has 0 bridgehead atoms. The van der Waals surface area contributed by atoms with Gasteiger partial charge in [-0.05, 0) is 86.1 Å². The Labute approximate surface area is 195 Å². The van der Waals surface area contributed by atoms with Gasteiger partial charge in [0.15, 0.2) is 0 Å². The first kappa shape index (κ1) is 23.4. The van der Waals surface area contributed by atoms with Gasteiger partial charge in [-0.1, -0.05) is 18.9 Å². The van der Waals surface area contributed by atoms with Crippen LogP contribution in [0, 0.1) is 5.92 Å². The van der Waals surface area contributed by atoms with Crippen molar-refractivity contribution in [2.24, 2.45) is 5.92 Å². The first-order valence-corrected chi connectivity index (χ1v) is 13.2. The van der Waals surface area contributed by atoms with Crippen LogP contribution in [0.5, 0.6) is 0 Å². The summed E-state index contributed by atoms with van der Waals surface area (Å²) in [6.45, 7) is 0.268. The molecule has 2 aromatic carbocycles. The molecule has 2 aliphatic carbocycles. The van der Waals surface area contributed by atoms with Crippen LogP contribution in [0.2, 0.25) is 0 Å². The summed E-state index contributed by atoms with van der Waals surface area (Å²) in [5.74, 6) is -0.175. The van der Waals surface area contributed by atoms with Gasteiger partial charge in [0.25, 0.3) is 5.91 Å². The molecule has 0 atom stereocenters. The Morgan fingerprint density at radius 3 is 2.27 bits per heavy atom. The van der Waals surface area contributed by atoms with Crippen molar-refractivity contribution in [3.05, 3.63) is 59.2 Å². The van der Waals surface area contributed by atoms with Crippen molar-refractivity contribution in [3.8, 4) is 0 Å². The van der Waals surface area contributed by atoms with Crippen molar-refractivity contribution in [2.75, 3.05) is 18.4 Å². The summed E-state index contributed by atoms with van der Waals surface area (Å²) in [5.41, 5.74) is 3.46. The minimum Gasteiger partial charge on any atom is -0.351 e. The minimum atomic E-state index is -3.62. The molecular formula is C25H31N3O4S. The van der Waals surface area contributed by atoms with Crippen molar-refractivity contribution in [2.45, 2.75) is 56.3 Å². The van der Waals surface area contributed by atoms with Gasteiger partial charge in [0, 0.05) is 30.3 Å². The molecule has 0 aliphatic heterocycles. The molecule has 4 rings (SSSR count). The van der Waals surface area contributed by atoms with E-state index >= 15 is 0 Å². The number of carbonyl (C=O) groups excluding carboxylic acids is 2. The summed E-state index contributed by atoms with van der Waals surface area (Å²) in [5, 5.41) is 5.63. The molecule has 0 spiro atoms. The van der Waals surface area contributed by atoms with Gasteiger partial charge >= 0.3 is 0 Å². The third kappa shape index (κ3) is 6.00. The fourth-order valence-corrected chi connectivity index (χ4v) is 5.64. The van der Waals surface area contributed by atoms with Crippen LogP contribution in [0.25, 0.3) is 0 Å². The summed E-state index contributed by atoms with van der Waals surface area (Å²) in [6.07, 6.45) is 8.21. The number of aryl methyl sites for hydroxylation is 2. The zero-order valence-corrected chi connectivity index (χ0v) is 19.5. The van der Waals surface area contributed by atoms with Crippen LogP contribution in [0.1, 0.15) is 60.0 Å². The lowest BCUT2D eigenvalue weighted by Gasteiger charge is -2.16. The molecule has 0 unspecified atom stereocenters. The monoisotopic (exact) mass is 469 g/mol. The average Bonchev–Trinajstić information content (AvgIpc) is 3.37. The molecule has 2 amide bonds. The topological polar surface area (TPSA) is 104 Å². The summed E-state index contributed by atoms with van der Waals surface area (Å²) >= 11 is 0. The summed E-state index contributed by atoms with van der Waals surface area (Å²) in [7, 11) is -3.62. The molecule has 7 nitrogen and oxygen atoms in total. The van der Waals surface area contributed by atoms with Gasteiger partial charge in [-0.15, -0.1) is 0 Å². The highest BCUT2D eigenvalue weighted by Gasteiger charge is 2.22. The third-order valence-corrected chi connectivity index (χ3v) is 7.93. The molecular weight excluding hydrogens is 438 g/mol. The third-order valence-electron chi connectivity index (χ3n) is 6.47. The maximum atomic E-state index is 12.6. The fraction of sp³-hybridized carbons (Fsp3) is 0.440. The van der Waals surface area contributed by atoms with E-state index in [0.717, 1.165) is 56.9 Å². The molecule has 0 saturated heterocycles. The van der Waals surface area contributed by atoms with Gasteiger partial charge in [0.1, 0.15) is 0 Å². The Morgan fingerprint density at radius 2 is 1.55 bits per heavy atom. The molecule has 176 valence electrons. The van der Waals surface area contributed by atoms with Crippen LogP contribution < -0.4 is 15.4 Å². The van der Waals surface area contributed by atoms with Crippen LogP contribution in [-0.4, -0.2) is 33.3 Å². The molecule has 2 aromatic rings. The van der Waals surface area contributed by atoms with E-state index in [1.54, 1.807) is 36.4 Å². The second-order valence-electron chi connectivity index (χ2n) is 8.84. The zero-order valence-electron chi connectivity index (χ0n) is 18.7. The molecule has 0 heterocycles. The van der Waals surface area contributed by atoms with E-state index in [2.05, 4.69) is 15.4 Å². The van der Waals surface area contributed by atoms with E-state index in [1.165, 1.54) is 5.56 Å². The lowest BCUT2D eigenvalue weighted by Crippen LogP contribution is -2.34. The van der Waals surface area contributed by atoms with Crippen LogP contribution in [-0.2, 0) is 27.7 Å². The number of nitrogens with one attached hydrogen (secondary N) is 3. The van der Waals surface area contributed by atoms with Gasteiger partial charge in [-0.2, -0.15) is 0 Å². The second kappa shape index (κ2) is 10.5. The van der Waals surface area contributed by atoms with Crippen molar-refractivity contribution >= 4 is 27.5 Å². The van der Waals surface area contributed by atoms with Crippen molar-refractivity contribution in [1.29, 1.82) is 0 Å². The summed E-state index contributed by atoms with van der Waals surface area (Å²) in [4.78, 5) is 24.9. The Morgan fingerprint density at radius 1 is 0.848 bits per heavy atom. The fourth-order valence-electron chi connectivity index (χ4n) is 4.56. The van der Waals surface area contributed by atoms with Crippen molar-refractivity contribution in [3.63, 3.8) is 0 Å². The maximum absolute atomic E-state index is 12.6. The van der Waals surface area contributed by atoms with E-state index in [9.17, 15) is 18.0 Å².